The summed E-state index contributed by atoms with van der Waals surface area (Å²) in [4.78, 5) is 0. The Balaban J connectivity index is 2.40. The van der Waals surface area contributed by atoms with Gasteiger partial charge in [-0.3, -0.25) is 0 Å². The van der Waals surface area contributed by atoms with Crippen LogP contribution in [0, 0.1) is 0 Å². The molecule has 0 nitrogen and oxygen atoms in total. The first-order valence-electron chi connectivity index (χ1n) is 3.71. The summed E-state index contributed by atoms with van der Waals surface area (Å²) in [6, 6.07) is 10.3. The van der Waals surface area contributed by atoms with Crippen LogP contribution in [0.4, 0.5) is 0 Å². The van der Waals surface area contributed by atoms with Gasteiger partial charge in [0, 0.05) is 0 Å². The van der Waals surface area contributed by atoms with E-state index >= 15 is 0 Å². The van der Waals surface area contributed by atoms with E-state index in [1.165, 1.54) is 11.1 Å². The smallest absolute Gasteiger partial charge is 0.0109 e. The predicted molar refractivity (Wildman–Crippen MR) is 58.3 cm³/mol. The lowest BCUT2D eigenvalue weighted by atomic mass is 10.1. The molecule has 0 aliphatic carbocycles. The fraction of sp³-hybridized carbons (Fsp3) is 0. The van der Waals surface area contributed by atoms with E-state index in [4.69, 9.17) is 11.2 Å². The third-order valence-electron chi connectivity index (χ3n) is 1.73. The lowest BCUT2D eigenvalue weighted by Gasteiger charge is -1.96. The van der Waals surface area contributed by atoms with Crippen molar-refractivity contribution in [1.82, 2.24) is 0 Å². The minimum Gasteiger partial charge on any atom is -0.0727 e. The molecule has 2 heteroatoms. The molecule has 1 aromatic rings. The molecule has 0 saturated carbocycles. The van der Waals surface area contributed by atoms with Crippen LogP contribution in [0.5, 0.6) is 0 Å². The molecular formula is C10H8S2. The fourth-order valence-electron chi connectivity index (χ4n) is 1.14. The van der Waals surface area contributed by atoms with Crippen LogP contribution in [0.15, 0.2) is 47.2 Å². The van der Waals surface area contributed by atoms with Crippen LogP contribution >= 0.6 is 0 Å². The monoisotopic (exact) mass is 192 g/mol. The van der Waals surface area contributed by atoms with Crippen molar-refractivity contribution >= 4 is 26.2 Å². The highest BCUT2D eigenvalue weighted by atomic mass is 32.8. The van der Waals surface area contributed by atoms with Crippen LogP contribution in [0.2, 0.25) is 0 Å². The first-order chi connectivity index (χ1) is 5.86. The second-order valence-electron chi connectivity index (χ2n) is 2.57. The zero-order chi connectivity index (χ0) is 8.39. The zero-order valence-corrected chi connectivity index (χ0v) is 8.07. The van der Waals surface area contributed by atoms with Crippen LogP contribution < -0.4 is 0 Å². The molecule has 0 N–H and O–H groups in total. The molecule has 1 heterocycles. The predicted octanol–water partition coefficient (Wildman–Crippen LogP) is 2.64. The third-order valence-corrected chi connectivity index (χ3v) is 3.24. The molecule has 1 aliphatic heterocycles. The maximum atomic E-state index is 5.14. The quantitative estimate of drug-likeness (QED) is 0.659. The highest BCUT2D eigenvalue weighted by Crippen LogP contribution is 2.21. The third kappa shape index (κ3) is 1.54. The van der Waals surface area contributed by atoms with Crippen LogP contribution in [0.1, 0.15) is 5.56 Å². The van der Waals surface area contributed by atoms with Crippen molar-refractivity contribution in [2.24, 2.45) is 0 Å². The molecule has 0 radical (unpaired) electrons. The van der Waals surface area contributed by atoms with E-state index in [1.54, 1.807) is 0 Å². The average molecular weight is 192 g/mol. The van der Waals surface area contributed by atoms with Gasteiger partial charge in [-0.15, -0.1) is 0 Å². The number of benzene rings is 1. The Morgan fingerprint density at radius 3 is 2.42 bits per heavy atom. The second-order valence-corrected chi connectivity index (χ2v) is 4.89. The van der Waals surface area contributed by atoms with Crippen molar-refractivity contribution in [3.8, 4) is 0 Å². The summed E-state index contributed by atoms with van der Waals surface area (Å²) in [7, 11) is -0.0627. The summed E-state index contributed by atoms with van der Waals surface area (Å²) in [5.41, 5.74) is 2.52. The van der Waals surface area contributed by atoms with E-state index in [0.29, 0.717) is 0 Å². The fourth-order valence-corrected chi connectivity index (χ4v) is 2.44. The van der Waals surface area contributed by atoms with Gasteiger partial charge >= 0.3 is 0 Å². The Kier molecular flexibility index (Phi) is 2.19. The minimum absolute atomic E-state index is 0.0627. The average Bonchev–Trinajstić information content (AvgIpc) is 2.54. The van der Waals surface area contributed by atoms with Gasteiger partial charge in [-0.1, -0.05) is 39.8 Å². The Labute approximate surface area is 79.2 Å². The summed E-state index contributed by atoms with van der Waals surface area (Å²) in [5, 5.41) is 4.20. The van der Waals surface area contributed by atoms with Crippen LogP contribution in [-0.2, 0) is 20.6 Å². The summed E-state index contributed by atoms with van der Waals surface area (Å²) in [5.74, 6) is 0. The van der Waals surface area contributed by atoms with E-state index in [1.807, 2.05) is 18.2 Å². The van der Waals surface area contributed by atoms with E-state index in [0.717, 1.165) is 0 Å². The molecule has 0 fully saturated rings. The van der Waals surface area contributed by atoms with E-state index in [2.05, 4.69) is 29.0 Å². The van der Waals surface area contributed by atoms with Gasteiger partial charge in [0.1, 0.15) is 0 Å². The van der Waals surface area contributed by atoms with Gasteiger partial charge in [-0.05, 0) is 39.2 Å². The van der Waals surface area contributed by atoms with Crippen LogP contribution in [0.25, 0.3) is 5.57 Å². The van der Waals surface area contributed by atoms with Gasteiger partial charge in [-0.2, -0.15) is 0 Å². The number of hydrogen-bond acceptors (Lipinski definition) is 1. The lowest BCUT2D eigenvalue weighted by Crippen LogP contribution is -1.76. The van der Waals surface area contributed by atoms with E-state index < -0.39 is 0 Å². The van der Waals surface area contributed by atoms with Crippen molar-refractivity contribution < 1.29 is 0 Å². The van der Waals surface area contributed by atoms with Crippen molar-refractivity contribution in [3.05, 3.63) is 52.8 Å². The van der Waals surface area contributed by atoms with Gasteiger partial charge in [-0.25, -0.2) is 0 Å². The molecule has 2 rings (SSSR count). The van der Waals surface area contributed by atoms with Gasteiger partial charge in [0.25, 0.3) is 0 Å². The molecule has 60 valence electrons. The van der Waals surface area contributed by atoms with Crippen molar-refractivity contribution in [2.75, 3.05) is 0 Å². The largest absolute Gasteiger partial charge is 0.0727 e. The second kappa shape index (κ2) is 3.33. The number of rotatable bonds is 1. The molecule has 1 aromatic carbocycles. The molecule has 1 unspecified atom stereocenters. The Morgan fingerprint density at radius 2 is 1.83 bits per heavy atom. The summed E-state index contributed by atoms with van der Waals surface area (Å²) >= 11 is 5.14. The van der Waals surface area contributed by atoms with Gasteiger partial charge in [0.2, 0.25) is 0 Å². The summed E-state index contributed by atoms with van der Waals surface area (Å²) in [6.07, 6.45) is 2.10. The topological polar surface area (TPSA) is 0 Å². The van der Waals surface area contributed by atoms with E-state index in [-0.39, 0.29) is 9.45 Å². The highest BCUT2D eigenvalue weighted by molar-refractivity contribution is 8.32. The molecule has 12 heavy (non-hydrogen) atoms. The number of allylic oxidation sites excluding steroid dienone is 2. The highest BCUT2D eigenvalue weighted by Gasteiger charge is 2.01. The van der Waals surface area contributed by atoms with Gasteiger partial charge in [0.15, 0.2) is 0 Å². The summed E-state index contributed by atoms with van der Waals surface area (Å²) in [6.45, 7) is 0. The Bertz CT molecular complexity index is 361. The summed E-state index contributed by atoms with van der Waals surface area (Å²) < 4.78 is 0. The maximum absolute atomic E-state index is 5.14. The van der Waals surface area contributed by atoms with Crippen molar-refractivity contribution in [3.63, 3.8) is 0 Å². The van der Waals surface area contributed by atoms with Crippen molar-refractivity contribution in [2.45, 2.75) is 0 Å². The zero-order valence-electron chi connectivity index (χ0n) is 6.44. The van der Waals surface area contributed by atoms with E-state index in [9.17, 15) is 0 Å². The molecule has 0 amide bonds. The van der Waals surface area contributed by atoms with Gasteiger partial charge in [0.05, 0.1) is 0 Å². The molecule has 0 saturated heterocycles. The molecule has 1 atom stereocenters. The van der Waals surface area contributed by atoms with Gasteiger partial charge < -0.3 is 0 Å². The van der Waals surface area contributed by atoms with Crippen LogP contribution in [0.3, 0.4) is 0 Å². The SMILES string of the molecule is S=S1C=CC(c2ccccc2)=C1. The standard InChI is InChI=1S/C10H8S2/c11-12-7-6-10(8-12)9-4-2-1-3-5-9/h1-8H. The lowest BCUT2D eigenvalue weighted by molar-refractivity contribution is 1.63. The Hall–Kier alpha value is -0.730. The minimum atomic E-state index is -0.0627. The molecule has 0 bridgehead atoms. The van der Waals surface area contributed by atoms with Crippen LogP contribution in [-0.4, -0.2) is 0 Å². The maximum Gasteiger partial charge on any atom is -0.0109 e. The molecule has 0 aromatic heterocycles. The molecule has 0 spiro atoms. The Morgan fingerprint density at radius 1 is 1.08 bits per heavy atom. The first-order valence-corrected chi connectivity index (χ1v) is 5.99. The molecular weight excluding hydrogens is 184 g/mol. The molecule has 1 aliphatic rings. The van der Waals surface area contributed by atoms with Crippen molar-refractivity contribution in [1.29, 1.82) is 0 Å². The normalized spacial score (nSPS) is 21.0. The first kappa shape index (κ1) is 7.90. The number of hydrogen-bond donors (Lipinski definition) is 0.